The van der Waals surface area contributed by atoms with Gasteiger partial charge < -0.3 is 9.47 Å². The molecule has 0 bridgehead atoms. The molecule has 0 unspecified atom stereocenters. The number of esters is 1. The maximum atomic E-state index is 13.6. The average molecular weight is 402 g/mol. The van der Waals surface area contributed by atoms with Crippen LogP contribution < -0.4 is 9.64 Å². The standard InChI is InChI=1S/C21H17ClFNO4/c1-2-27-18-6-4-3-5-13(18)14-10-19(25)24(17-11-28-21(26)20(14)17)12-7-8-16(23)15(22)9-12/h3-9,14H,2,10-11H2,1H3/t14-/m0/s1. The summed E-state index contributed by atoms with van der Waals surface area (Å²) in [6.45, 7) is 2.31. The molecule has 144 valence electrons. The number of para-hydroxylation sites is 1. The molecule has 1 amide bonds. The van der Waals surface area contributed by atoms with Gasteiger partial charge in [0, 0.05) is 17.9 Å². The lowest BCUT2D eigenvalue weighted by Crippen LogP contribution is -2.37. The van der Waals surface area contributed by atoms with E-state index in [1.54, 1.807) is 0 Å². The lowest BCUT2D eigenvalue weighted by Gasteiger charge is -2.32. The number of hydrogen-bond donors (Lipinski definition) is 0. The van der Waals surface area contributed by atoms with Crippen molar-refractivity contribution < 1.29 is 23.5 Å². The molecule has 0 aliphatic carbocycles. The van der Waals surface area contributed by atoms with Gasteiger partial charge in [-0.3, -0.25) is 9.69 Å². The van der Waals surface area contributed by atoms with E-state index in [1.165, 1.54) is 23.1 Å². The van der Waals surface area contributed by atoms with Gasteiger partial charge in [-0.05, 0) is 31.2 Å². The molecule has 0 N–H and O–H groups in total. The molecule has 2 aromatic carbocycles. The second kappa shape index (κ2) is 7.28. The Morgan fingerprint density at radius 2 is 2.04 bits per heavy atom. The third-order valence-electron chi connectivity index (χ3n) is 4.87. The predicted molar refractivity (Wildman–Crippen MR) is 102 cm³/mol. The van der Waals surface area contributed by atoms with Gasteiger partial charge in [-0.25, -0.2) is 9.18 Å². The van der Waals surface area contributed by atoms with E-state index in [0.717, 1.165) is 5.56 Å². The fraction of sp³-hybridized carbons (Fsp3) is 0.238. The topological polar surface area (TPSA) is 55.8 Å². The SMILES string of the molecule is CCOc1ccccc1[C@@H]1CC(=O)N(c2ccc(F)c(Cl)c2)C2=C1C(=O)OC2. The number of carbonyl (C=O) groups excluding carboxylic acids is 2. The highest BCUT2D eigenvalue weighted by Crippen LogP contribution is 2.44. The summed E-state index contributed by atoms with van der Waals surface area (Å²) in [5.74, 6) is -1.10. The smallest absolute Gasteiger partial charge is 0.336 e. The molecule has 0 fully saturated rings. The van der Waals surface area contributed by atoms with E-state index in [2.05, 4.69) is 0 Å². The largest absolute Gasteiger partial charge is 0.494 e. The molecule has 2 aromatic rings. The molecule has 2 aliphatic rings. The molecule has 0 spiro atoms. The summed E-state index contributed by atoms with van der Waals surface area (Å²) in [5.41, 5.74) is 2.05. The van der Waals surface area contributed by atoms with Crippen molar-refractivity contribution in [3.8, 4) is 5.75 Å². The lowest BCUT2D eigenvalue weighted by molar-refractivity contribution is -0.136. The van der Waals surface area contributed by atoms with Crippen molar-refractivity contribution in [2.24, 2.45) is 0 Å². The van der Waals surface area contributed by atoms with Crippen LogP contribution in [0.25, 0.3) is 0 Å². The highest BCUT2D eigenvalue weighted by Gasteiger charge is 2.43. The molecule has 1 atom stereocenters. The maximum absolute atomic E-state index is 13.6. The number of cyclic esters (lactones) is 1. The molecular weight excluding hydrogens is 385 g/mol. The summed E-state index contributed by atoms with van der Waals surface area (Å²) in [7, 11) is 0. The summed E-state index contributed by atoms with van der Waals surface area (Å²) in [6, 6.07) is 11.4. The quantitative estimate of drug-likeness (QED) is 0.720. The minimum Gasteiger partial charge on any atom is -0.494 e. The van der Waals surface area contributed by atoms with Gasteiger partial charge in [-0.15, -0.1) is 0 Å². The van der Waals surface area contributed by atoms with Gasteiger partial charge in [-0.2, -0.15) is 0 Å². The number of amides is 1. The second-order valence-corrected chi connectivity index (χ2v) is 6.90. The minimum atomic E-state index is -0.577. The molecule has 4 rings (SSSR count). The third-order valence-corrected chi connectivity index (χ3v) is 5.16. The van der Waals surface area contributed by atoms with Crippen LogP contribution in [0.4, 0.5) is 10.1 Å². The summed E-state index contributed by atoms with van der Waals surface area (Å²) in [5, 5.41) is -0.0958. The number of rotatable bonds is 4. The zero-order chi connectivity index (χ0) is 19.8. The van der Waals surface area contributed by atoms with Crippen molar-refractivity contribution in [2.75, 3.05) is 18.1 Å². The summed E-state index contributed by atoms with van der Waals surface area (Å²) < 4.78 is 24.5. The van der Waals surface area contributed by atoms with Gasteiger partial charge in [0.1, 0.15) is 18.2 Å². The number of benzene rings is 2. The number of ether oxygens (including phenoxy) is 2. The first kappa shape index (κ1) is 18.5. The number of hydrogen-bond acceptors (Lipinski definition) is 4. The van der Waals surface area contributed by atoms with Gasteiger partial charge in [0.25, 0.3) is 0 Å². The van der Waals surface area contributed by atoms with Crippen LogP contribution in [0.3, 0.4) is 0 Å². The molecule has 2 heterocycles. The Bertz CT molecular complexity index is 1000. The molecule has 28 heavy (non-hydrogen) atoms. The molecule has 0 radical (unpaired) electrons. The minimum absolute atomic E-state index is 0.0256. The summed E-state index contributed by atoms with van der Waals surface area (Å²) in [4.78, 5) is 27.0. The van der Waals surface area contributed by atoms with Gasteiger partial charge in [-0.1, -0.05) is 29.8 Å². The van der Waals surface area contributed by atoms with Crippen LogP contribution in [0.1, 0.15) is 24.8 Å². The van der Waals surface area contributed by atoms with Crippen LogP contribution >= 0.6 is 11.6 Å². The molecule has 5 nitrogen and oxygen atoms in total. The van der Waals surface area contributed by atoms with Crippen molar-refractivity contribution in [3.05, 3.63) is 70.1 Å². The predicted octanol–water partition coefficient (Wildman–Crippen LogP) is 4.21. The number of anilines is 1. The van der Waals surface area contributed by atoms with Crippen molar-refractivity contribution in [2.45, 2.75) is 19.3 Å². The monoisotopic (exact) mass is 401 g/mol. The molecule has 7 heteroatoms. The summed E-state index contributed by atoms with van der Waals surface area (Å²) >= 11 is 5.89. The normalized spacial score (nSPS) is 19.0. The third kappa shape index (κ3) is 3.03. The summed E-state index contributed by atoms with van der Waals surface area (Å²) in [6.07, 6.45) is 0.0625. The van der Waals surface area contributed by atoms with Crippen molar-refractivity contribution in [1.29, 1.82) is 0 Å². The Labute approximate surface area is 166 Å². The van der Waals surface area contributed by atoms with E-state index in [9.17, 15) is 14.0 Å². The first-order valence-corrected chi connectivity index (χ1v) is 9.29. The Hall–Kier alpha value is -2.86. The Morgan fingerprint density at radius 1 is 1.25 bits per heavy atom. The highest BCUT2D eigenvalue weighted by molar-refractivity contribution is 6.31. The van der Waals surface area contributed by atoms with Gasteiger partial charge in [0.2, 0.25) is 5.91 Å². The number of nitrogens with zero attached hydrogens (tertiary/aromatic N) is 1. The first-order chi connectivity index (χ1) is 13.5. The Kier molecular flexibility index (Phi) is 4.81. The van der Waals surface area contributed by atoms with Crippen molar-refractivity contribution in [1.82, 2.24) is 0 Å². The van der Waals surface area contributed by atoms with E-state index in [1.807, 2.05) is 31.2 Å². The zero-order valence-electron chi connectivity index (χ0n) is 15.1. The lowest BCUT2D eigenvalue weighted by atomic mass is 9.83. The van der Waals surface area contributed by atoms with Gasteiger partial charge in [0.15, 0.2) is 0 Å². The molecule has 2 aliphatic heterocycles. The average Bonchev–Trinajstić information content (AvgIpc) is 3.06. The van der Waals surface area contributed by atoms with Gasteiger partial charge in [0.05, 0.1) is 28.6 Å². The van der Waals surface area contributed by atoms with E-state index in [-0.39, 0.29) is 24.0 Å². The number of carbonyl (C=O) groups is 2. The fourth-order valence-corrected chi connectivity index (χ4v) is 3.87. The molecular formula is C21H17ClFNO4. The van der Waals surface area contributed by atoms with Crippen LogP contribution in [0.2, 0.25) is 5.02 Å². The zero-order valence-corrected chi connectivity index (χ0v) is 15.8. The van der Waals surface area contributed by atoms with E-state index < -0.39 is 17.7 Å². The fourth-order valence-electron chi connectivity index (χ4n) is 3.70. The van der Waals surface area contributed by atoms with Crippen LogP contribution in [-0.2, 0) is 14.3 Å². The highest BCUT2D eigenvalue weighted by atomic mass is 35.5. The Balaban J connectivity index is 1.83. The maximum Gasteiger partial charge on any atom is 0.336 e. The van der Waals surface area contributed by atoms with Gasteiger partial charge >= 0.3 is 5.97 Å². The number of halogens is 2. The van der Waals surface area contributed by atoms with Crippen molar-refractivity contribution in [3.63, 3.8) is 0 Å². The molecule has 0 aromatic heterocycles. The Morgan fingerprint density at radius 3 is 2.79 bits per heavy atom. The van der Waals surface area contributed by atoms with Crippen LogP contribution in [0, 0.1) is 5.82 Å². The van der Waals surface area contributed by atoms with E-state index in [0.29, 0.717) is 29.3 Å². The van der Waals surface area contributed by atoms with Crippen LogP contribution in [0.5, 0.6) is 5.75 Å². The van der Waals surface area contributed by atoms with Crippen LogP contribution in [-0.4, -0.2) is 25.1 Å². The molecule has 0 saturated carbocycles. The van der Waals surface area contributed by atoms with E-state index >= 15 is 0 Å². The van der Waals surface area contributed by atoms with Crippen molar-refractivity contribution >= 4 is 29.2 Å². The first-order valence-electron chi connectivity index (χ1n) is 8.91. The van der Waals surface area contributed by atoms with E-state index in [4.69, 9.17) is 21.1 Å². The molecule has 0 saturated heterocycles. The van der Waals surface area contributed by atoms with Crippen LogP contribution in [0.15, 0.2) is 53.7 Å². The second-order valence-electron chi connectivity index (χ2n) is 6.49.